The summed E-state index contributed by atoms with van der Waals surface area (Å²) in [6, 6.07) is 5.41. The van der Waals surface area contributed by atoms with Crippen LogP contribution in [0.4, 0.5) is 0 Å². The first-order chi connectivity index (χ1) is 6.81. The van der Waals surface area contributed by atoms with Crippen LogP contribution in [0.2, 0.25) is 0 Å². The third-order valence-electron chi connectivity index (χ3n) is 2.06. The quantitative estimate of drug-likeness (QED) is 0.622. The summed E-state index contributed by atoms with van der Waals surface area (Å²) in [5.41, 5.74) is 2.43. The lowest BCUT2D eigenvalue weighted by Crippen LogP contribution is -1.99. The van der Waals surface area contributed by atoms with E-state index in [1.165, 1.54) is 0 Å². The topological polar surface area (TPSA) is 45.8 Å². The Morgan fingerprint density at radius 3 is 3.14 bits per heavy atom. The van der Waals surface area contributed by atoms with Gasteiger partial charge in [0.25, 0.3) is 0 Å². The van der Waals surface area contributed by atoms with Crippen LogP contribution in [0.15, 0.2) is 24.5 Å². The monoisotopic (exact) mass is 208 g/mol. The standard InChI is InChI=1S/C10H9ClN2O/c11-4-3-10(14)7-1-2-8-9(5-7)13-6-12-8/h1-2,5-6H,3-4H2,(H,12,13). The van der Waals surface area contributed by atoms with Crippen LogP contribution in [-0.4, -0.2) is 21.6 Å². The Morgan fingerprint density at radius 2 is 2.36 bits per heavy atom. The Hall–Kier alpha value is -1.35. The number of alkyl halides is 1. The molecule has 0 saturated carbocycles. The van der Waals surface area contributed by atoms with E-state index in [1.807, 2.05) is 6.07 Å². The highest BCUT2D eigenvalue weighted by Gasteiger charge is 2.06. The fourth-order valence-corrected chi connectivity index (χ4v) is 1.51. The Balaban J connectivity index is 2.38. The second-order valence-electron chi connectivity index (χ2n) is 3.00. The van der Waals surface area contributed by atoms with Crippen LogP contribution in [0, 0.1) is 0 Å². The molecule has 1 N–H and O–H groups in total. The van der Waals surface area contributed by atoms with Crippen LogP contribution in [0.3, 0.4) is 0 Å². The van der Waals surface area contributed by atoms with Crippen LogP contribution in [0.5, 0.6) is 0 Å². The van der Waals surface area contributed by atoms with E-state index in [0.717, 1.165) is 11.0 Å². The van der Waals surface area contributed by atoms with E-state index in [2.05, 4.69) is 9.97 Å². The maximum atomic E-state index is 11.5. The number of aromatic amines is 1. The second kappa shape index (κ2) is 3.80. The number of hydrogen-bond acceptors (Lipinski definition) is 2. The largest absolute Gasteiger partial charge is 0.345 e. The number of ketones is 1. The van der Waals surface area contributed by atoms with Crippen molar-refractivity contribution >= 4 is 28.4 Å². The van der Waals surface area contributed by atoms with Crippen molar-refractivity contribution in [2.45, 2.75) is 6.42 Å². The Labute approximate surface area is 86.1 Å². The smallest absolute Gasteiger partial charge is 0.164 e. The summed E-state index contributed by atoms with van der Waals surface area (Å²) in [7, 11) is 0. The summed E-state index contributed by atoms with van der Waals surface area (Å²) in [5, 5.41) is 0. The summed E-state index contributed by atoms with van der Waals surface area (Å²) < 4.78 is 0. The number of hydrogen-bond donors (Lipinski definition) is 1. The van der Waals surface area contributed by atoms with Crippen molar-refractivity contribution in [2.75, 3.05) is 5.88 Å². The summed E-state index contributed by atoms with van der Waals surface area (Å²) >= 11 is 5.50. The van der Waals surface area contributed by atoms with Gasteiger partial charge in [-0.1, -0.05) is 0 Å². The Morgan fingerprint density at radius 1 is 1.50 bits per heavy atom. The number of benzene rings is 1. The average molecular weight is 209 g/mol. The molecule has 0 aliphatic heterocycles. The molecule has 1 aromatic carbocycles. The maximum absolute atomic E-state index is 11.5. The molecular formula is C10H9ClN2O. The molecule has 14 heavy (non-hydrogen) atoms. The maximum Gasteiger partial charge on any atom is 0.164 e. The minimum atomic E-state index is 0.0662. The predicted octanol–water partition coefficient (Wildman–Crippen LogP) is 2.37. The molecule has 0 aliphatic carbocycles. The molecule has 2 aromatic rings. The molecule has 0 atom stereocenters. The molecule has 0 radical (unpaired) electrons. The number of rotatable bonds is 3. The molecule has 72 valence electrons. The highest BCUT2D eigenvalue weighted by molar-refractivity contribution is 6.19. The van der Waals surface area contributed by atoms with Crippen molar-refractivity contribution < 1.29 is 4.79 Å². The first-order valence-electron chi connectivity index (χ1n) is 4.33. The molecule has 0 aliphatic rings. The molecule has 3 nitrogen and oxygen atoms in total. The van der Waals surface area contributed by atoms with Crippen LogP contribution >= 0.6 is 11.6 Å². The van der Waals surface area contributed by atoms with Crippen molar-refractivity contribution in [1.29, 1.82) is 0 Å². The van der Waals surface area contributed by atoms with E-state index in [0.29, 0.717) is 17.9 Å². The third kappa shape index (κ3) is 1.63. The fourth-order valence-electron chi connectivity index (χ4n) is 1.34. The van der Waals surface area contributed by atoms with Crippen molar-refractivity contribution in [3.05, 3.63) is 30.1 Å². The molecule has 0 amide bonds. The highest BCUT2D eigenvalue weighted by atomic mass is 35.5. The van der Waals surface area contributed by atoms with E-state index in [4.69, 9.17) is 11.6 Å². The van der Waals surface area contributed by atoms with Gasteiger partial charge in [-0.3, -0.25) is 4.79 Å². The molecule has 0 spiro atoms. The first-order valence-corrected chi connectivity index (χ1v) is 4.87. The zero-order chi connectivity index (χ0) is 9.97. The van der Waals surface area contributed by atoms with E-state index >= 15 is 0 Å². The second-order valence-corrected chi connectivity index (χ2v) is 3.37. The SMILES string of the molecule is O=C(CCCl)c1ccc2nc[nH]c2c1. The van der Waals surface area contributed by atoms with Crippen LogP contribution < -0.4 is 0 Å². The van der Waals surface area contributed by atoms with Gasteiger partial charge in [0.05, 0.1) is 17.4 Å². The average Bonchev–Trinajstić information content (AvgIpc) is 2.64. The van der Waals surface area contributed by atoms with Gasteiger partial charge in [-0.15, -0.1) is 11.6 Å². The first kappa shape index (κ1) is 9.21. The van der Waals surface area contributed by atoms with Gasteiger partial charge >= 0.3 is 0 Å². The van der Waals surface area contributed by atoms with Gasteiger partial charge in [0.15, 0.2) is 5.78 Å². The zero-order valence-corrected chi connectivity index (χ0v) is 8.21. The number of Topliss-reactive ketones (excluding diaryl/α,β-unsaturated/α-hetero) is 1. The Bertz CT molecular complexity index is 464. The zero-order valence-electron chi connectivity index (χ0n) is 7.46. The van der Waals surface area contributed by atoms with E-state index in [1.54, 1.807) is 18.5 Å². The lowest BCUT2D eigenvalue weighted by Gasteiger charge is -1.97. The number of fused-ring (bicyclic) bond motifs is 1. The van der Waals surface area contributed by atoms with E-state index in [-0.39, 0.29) is 5.78 Å². The summed E-state index contributed by atoms with van der Waals surface area (Å²) in [6.45, 7) is 0. The minimum Gasteiger partial charge on any atom is -0.345 e. The number of nitrogens with zero attached hydrogens (tertiary/aromatic N) is 1. The number of carbonyl (C=O) groups excluding carboxylic acids is 1. The van der Waals surface area contributed by atoms with Gasteiger partial charge in [-0.25, -0.2) is 4.98 Å². The molecule has 0 unspecified atom stereocenters. The molecular weight excluding hydrogens is 200 g/mol. The van der Waals surface area contributed by atoms with Crippen LogP contribution in [0.25, 0.3) is 11.0 Å². The lowest BCUT2D eigenvalue weighted by molar-refractivity contribution is 0.0989. The van der Waals surface area contributed by atoms with Crippen molar-refractivity contribution in [2.24, 2.45) is 0 Å². The van der Waals surface area contributed by atoms with E-state index in [9.17, 15) is 4.79 Å². The normalized spacial score (nSPS) is 10.6. The molecule has 4 heteroatoms. The molecule has 1 aromatic heterocycles. The van der Waals surface area contributed by atoms with Crippen molar-refractivity contribution in [3.8, 4) is 0 Å². The number of nitrogens with one attached hydrogen (secondary N) is 1. The number of halogens is 1. The number of aromatic nitrogens is 2. The summed E-state index contributed by atoms with van der Waals surface area (Å²) in [4.78, 5) is 18.5. The lowest BCUT2D eigenvalue weighted by atomic mass is 10.1. The van der Waals surface area contributed by atoms with Crippen molar-refractivity contribution in [3.63, 3.8) is 0 Å². The highest BCUT2D eigenvalue weighted by Crippen LogP contribution is 2.13. The van der Waals surface area contributed by atoms with Crippen LogP contribution in [0.1, 0.15) is 16.8 Å². The molecule has 1 heterocycles. The van der Waals surface area contributed by atoms with Gasteiger partial charge in [0.2, 0.25) is 0 Å². The van der Waals surface area contributed by atoms with Gasteiger partial charge in [0, 0.05) is 17.9 Å². The van der Waals surface area contributed by atoms with Crippen molar-refractivity contribution in [1.82, 2.24) is 9.97 Å². The fraction of sp³-hybridized carbons (Fsp3) is 0.200. The molecule has 0 bridgehead atoms. The minimum absolute atomic E-state index is 0.0662. The predicted molar refractivity (Wildman–Crippen MR) is 55.8 cm³/mol. The van der Waals surface area contributed by atoms with Gasteiger partial charge in [-0.05, 0) is 18.2 Å². The van der Waals surface area contributed by atoms with E-state index < -0.39 is 0 Å². The van der Waals surface area contributed by atoms with Gasteiger partial charge in [-0.2, -0.15) is 0 Å². The van der Waals surface area contributed by atoms with Gasteiger partial charge < -0.3 is 4.98 Å². The third-order valence-corrected chi connectivity index (χ3v) is 2.25. The van der Waals surface area contributed by atoms with Gasteiger partial charge in [0.1, 0.15) is 0 Å². The summed E-state index contributed by atoms with van der Waals surface area (Å²) in [6.07, 6.45) is 1.99. The molecule has 0 saturated heterocycles. The molecule has 2 rings (SSSR count). The Kier molecular flexibility index (Phi) is 2.50. The molecule has 0 fully saturated rings. The number of H-pyrrole nitrogens is 1. The summed E-state index contributed by atoms with van der Waals surface area (Å²) in [5.74, 6) is 0.427. The number of imidazole rings is 1. The van der Waals surface area contributed by atoms with Crippen LogP contribution in [-0.2, 0) is 0 Å². The number of carbonyl (C=O) groups is 1.